The summed E-state index contributed by atoms with van der Waals surface area (Å²) in [5.41, 5.74) is -1.28. The number of pyridine rings is 1. The van der Waals surface area contributed by atoms with Crippen molar-refractivity contribution < 1.29 is 18.0 Å². The molecule has 0 spiro atoms. The first-order valence-corrected chi connectivity index (χ1v) is 8.52. The summed E-state index contributed by atoms with van der Waals surface area (Å²) in [5, 5.41) is 22.3. The molecule has 0 aliphatic carbocycles. The largest absolute Gasteiger partial charge is 0.417 e. The lowest BCUT2D eigenvalue weighted by molar-refractivity contribution is -0.138. The number of thioether (sulfide) groups is 1. The molecule has 10 heteroatoms. The molecule has 0 radical (unpaired) electrons. The molecule has 0 aliphatic heterocycles. The summed E-state index contributed by atoms with van der Waals surface area (Å²) in [6.07, 6.45) is -4.69. The van der Waals surface area contributed by atoms with Gasteiger partial charge in [0.2, 0.25) is 5.91 Å². The molecule has 25 heavy (non-hydrogen) atoms. The topological polar surface area (TPSA) is 89.6 Å². The van der Waals surface area contributed by atoms with Crippen LogP contribution in [-0.2, 0) is 11.0 Å². The molecular formula is C15H9F3N4OS2. The lowest BCUT2D eigenvalue weighted by Gasteiger charge is -2.12. The Kier molecular flexibility index (Phi) is 5.67. The van der Waals surface area contributed by atoms with E-state index in [9.17, 15) is 18.0 Å². The number of hydrogen-bond acceptors (Lipinski definition) is 6. The van der Waals surface area contributed by atoms with E-state index in [1.165, 1.54) is 13.0 Å². The molecule has 2 heterocycles. The molecule has 2 aromatic heterocycles. The maximum Gasteiger partial charge on any atom is 0.417 e. The predicted molar refractivity (Wildman–Crippen MR) is 87.1 cm³/mol. The molecular weight excluding hydrogens is 373 g/mol. The van der Waals surface area contributed by atoms with Gasteiger partial charge in [0.05, 0.1) is 22.4 Å². The van der Waals surface area contributed by atoms with Crippen LogP contribution in [0.3, 0.4) is 0 Å². The molecule has 128 valence electrons. The van der Waals surface area contributed by atoms with Crippen molar-refractivity contribution in [2.75, 3.05) is 11.1 Å². The molecule has 0 fully saturated rings. The van der Waals surface area contributed by atoms with Crippen molar-refractivity contribution in [1.29, 1.82) is 10.5 Å². The molecule has 0 aliphatic rings. The van der Waals surface area contributed by atoms with Crippen LogP contribution in [0.1, 0.15) is 22.4 Å². The molecule has 2 aromatic rings. The van der Waals surface area contributed by atoms with Crippen LogP contribution in [0.5, 0.6) is 0 Å². The van der Waals surface area contributed by atoms with Crippen molar-refractivity contribution >= 4 is 34.0 Å². The van der Waals surface area contributed by atoms with Crippen LogP contribution in [-0.4, -0.2) is 16.6 Å². The monoisotopic (exact) mass is 382 g/mol. The van der Waals surface area contributed by atoms with E-state index in [0.29, 0.717) is 10.6 Å². The van der Waals surface area contributed by atoms with Gasteiger partial charge in [-0.1, -0.05) is 11.8 Å². The third kappa shape index (κ3) is 4.50. The number of anilines is 1. The summed E-state index contributed by atoms with van der Waals surface area (Å²) in [6, 6.07) is 5.76. The highest BCUT2D eigenvalue weighted by Gasteiger charge is 2.35. The number of alkyl halides is 3. The van der Waals surface area contributed by atoms with Crippen molar-refractivity contribution in [3.63, 3.8) is 0 Å². The van der Waals surface area contributed by atoms with Gasteiger partial charge in [0, 0.05) is 5.69 Å². The summed E-state index contributed by atoms with van der Waals surface area (Å²) in [5.74, 6) is -0.754. The molecule has 0 unspecified atom stereocenters. The molecule has 0 aromatic carbocycles. The van der Waals surface area contributed by atoms with E-state index < -0.39 is 23.2 Å². The number of halogens is 3. The number of rotatable bonds is 4. The lowest BCUT2D eigenvalue weighted by Crippen LogP contribution is -2.15. The molecule has 5 nitrogen and oxygen atoms in total. The van der Waals surface area contributed by atoms with Gasteiger partial charge in [-0.05, 0) is 24.4 Å². The minimum Gasteiger partial charge on any atom is -0.316 e. The standard InChI is InChI=1S/C15H9F3N4OS2/c1-8-4-11(15(16,17)18)10(6-20)14(21-8)25-7-12(23)22-13-9(5-19)2-3-24-13/h2-4H,7H2,1H3,(H,22,23). The maximum atomic E-state index is 13.0. The quantitative estimate of drug-likeness (QED) is 0.809. The zero-order valence-corrected chi connectivity index (χ0v) is 14.3. The molecule has 0 saturated heterocycles. The van der Waals surface area contributed by atoms with E-state index >= 15 is 0 Å². The van der Waals surface area contributed by atoms with Crippen LogP contribution in [0.2, 0.25) is 0 Å². The van der Waals surface area contributed by atoms with E-state index in [4.69, 9.17) is 10.5 Å². The predicted octanol–water partition coefficient (Wildman–Crippen LogP) is 3.94. The minimum atomic E-state index is -4.69. The van der Waals surface area contributed by atoms with E-state index in [1.807, 2.05) is 6.07 Å². The van der Waals surface area contributed by atoms with Crippen LogP contribution in [0.25, 0.3) is 0 Å². The normalized spacial score (nSPS) is 10.8. The van der Waals surface area contributed by atoms with Gasteiger partial charge in [-0.3, -0.25) is 4.79 Å². The van der Waals surface area contributed by atoms with Gasteiger partial charge in [-0.15, -0.1) is 11.3 Å². The van der Waals surface area contributed by atoms with Gasteiger partial charge in [0.25, 0.3) is 0 Å². The number of hydrogen-bond donors (Lipinski definition) is 1. The number of carbonyl (C=O) groups is 1. The number of carbonyl (C=O) groups excluding carboxylic acids is 1. The smallest absolute Gasteiger partial charge is 0.316 e. The third-order valence-electron chi connectivity index (χ3n) is 2.91. The number of thiophene rings is 1. The lowest BCUT2D eigenvalue weighted by atomic mass is 10.1. The second-order valence-electron chi connectivity index (χ2n) is 4.71. The van der Waals surface area contributed by atoms with Crippen LogP contribution in [0, 0.1) is 29.6 Å². The molecule has 0 atom stereocenters. The van der Waals surface area contributed by atoms with Crippen molar-refractivity contribution in [3.8, 4) is 12.1 Å². The van der Waals surface area contributed by atoms with E-state index in [2.05, 4.69) is 10.3 Å². The fraction of sp³-hybridized carbons (Fsp3) is 0.200. The van der Waals surface area contributed by atoms with Crippen LogP contribution in [0.15, 0.2) is 22.5 Å². The number of nitriles is 2. The molecule has 0 saturated carbocycles. The second-order valence-corrected chi connectivity index (χ2v) is 6.59. The van der Waals surface area contributed by atoms with Crippen LogP contribution >= 0.6 is 23.1 Å². The summed E-state index contributed by atoms with van der Waals surface area (Å²) in [7, 11) is 0. The van der Waals surface area contributed by atoms with Crippen molar-refractivity contribution in [3.05, 3.63) is 39.9 Å². The van der Waals surface area contributed by atoms with Crippen molar-refractivity contribution in [2.45, 2.75) is 18.1 Å². The van der Waals surface area contributed by atoms with Crippen LogP contribution < -0.4 is 5.32 Å². The minimum absolute atomic E-state index is 0.0965. The summed E-state index contributed by atoms with van der Waals surface area (Å²) in [6.45, 7) is 1.38. The average Bonchev–Trinajstić information content (AvgIpc) is 2.98. The van der Waals surface area contributed by atoms with Gasteiger partial charge in [0.1, 0.15) is 22.2 Å². The number of amides is 1. The highest BCUT2D eigenvalue weighted by molar-refractivity contribution is 8.00. The fourth-order valence-corrected chi connectivity index (χ4v) is 3.47. The Labute approximate surface area is 149 Å². The first-order chi connectivity index (χ1) is 11.8. The molecule has 0 bridgehead atoms. The second kappa shape index (κ2) is 7.55. The Hall–Kier alpha value is -2.56. The van der Waals surface area contributed by atoms with E-state index in [-0.39, 0.29) is 16.5 Å². The van der Waals surface area contributed by atoms with E-state index in [1.54, 1.807) is 11.4 Å². The van der Waals surface area contributed by atoms with Crippen LogP contribution in [0.4, 0.5) is 18.2 Å². The summed E-state index contributed by atoms with van der Waals surface area (Å²) >= 11 is 1.90. The third-order valence-corrected chi connectivity index (χ3v) is 4.72. The van der Waals surface area contributed by atoms with Gasteiger partial charge in [0.15, 0.2) is 0 Å². The highest BCUT2D eigenvalue weighted by Crippen LogP contribution is 2.35. The average molecular weight is 382 g/mol. The Balaban J connectivity index is 2.18. The highest BCUT2D eigenvalue weighted by atomic mass is 32.2. The Morgan fingerprint density at radius 1 is 1.40 bits per heavy atom. The zero-order chi connectivity index (χ0) is 18.6. The number of aromatic nitrogens is 1. The number of nitrogens with one attached hydrogen (secondary N) is 1. The van der Waals surface area contributed by atoms with Crippen molar-refractivity contribution in [1.82, 2.24) is 4.98 Å². The maximum absolute atomic E-state index is 13.0. The summed E-state index contributed by atoms with van der Waals surface area (Å²) in [4.78, 5) is 15.9. The van der Waals surface area contributed by atoms with Gasteiger partial charge >= 0.3 is 6.18 Å². The SMILES string of the molecule is Cc1cc(C(F)(F)F)c(C#N)c(SCC(=O)Nc2sccc2C#N)n1. The van der Waals surface area contributed by atoms with Gasteiger partial charge < -0.3 is 5.32 Å². The van der Waals surface area contributed by atoms with Gasteiger partial charge in [-0.2, -0.15) is 23.7 Å². The first-order valence-electron chi connectivity index (χ1n) is 6.65. The van der Waals surface area contributed by atoms with E-state index in [0.717, 1.165) is 29.2 Å². The zero-order valence-electron chi connectivity index (χ0n) is 12.6. The molecule has 2 rings (SSSR count). The Morgan fingerprint density at radius 2 is 2.12 bits per heavy atom. The molecule has 1 amide bonds. The fourth-order valence-electron chi connectivity index (χ4n) is 1.87. The first kappa shape index (κ1) is 18.8. The Morgan fingerprint density at radius 3 is 2.72 bits per heavy atom. The van der Waals surface area contributed by atoms with Crippen molar-refractivity contribution in [2.24, 2.45) is 0 Å². The summed E-state index contributed by atoms with van der Waals surface area (Å²) < 4.78 is 39.1. The van der Waals surface area contributed by atoms with Gasteiger partial charge in [-0.25, -0.2) is 4.98 Å². The molecule has 1 N–H and O–H groups in total. The Bertz CT molecular complexity index is 894. The number of aryl methyl sites for hydroxylation is 1. The number of nitrogens with zero attached hydrogens (tertiary/aromatic N) is 3.